The summed E-state index contributed by atoms with van der Waals surface area (Å²) in [6.45, 7) is 2.58. The second-order valence-corrected chi connectivity index (χ2v) is 8.88. The van der Waals surface area contributed by atoms with Gasteiger partial charge in [0.15, 0.2) is 6.61 Å². The van der Waals surface area contributed by atoms with Crippen molar-refractivity contribution >= 4 is 10.8 Å². The SMILES string of the molecule is C[C@@H](C[C@H]1CC[C@@H](c2ccc(OCc3nn[nH]n3)cc2)C1)c1ccc(F)c2ccccc12. The van der Waals surface area contributed by atoms with E-state index in [0.29, 0.717) is 30.2 Å². The van der Waals surface area contributed by atoms with Gasteiger partial charge in [0.2, 0.25) is 5.82 Å². The Hall–Kier alpha value is -3.28. The lowest BCUT2D eigenvalue weighted by molar-refractivity contribution is 0.296. The zero-order chi connectivity index (χ0) is 21.9. The average Bonchev–Trinajstić information content (AvgIpc) is 3.51. The first-order chi connectivity index (χ1) is 15.7. The molecule has 0 spiro atoms. The Balaban J connectivity index is 1.20. The number of ether oxygens (including phenoxy) is 1. The Morgan fingerprint density at radius 3 is 2.62 bits per heavy atom. The molecule has 5 rings (SSSR count). The number of tetrazole rings is 1. The number of rotatable bonds is 7. The molecule has 6 heteroatoms. The minimum absolute atomic E-state index is 0.137. The van der Waals surface area contributed by atoms with Crippen LogP contribution in [0.5, 0.6) is 5.75 Å². The van der Waals surface area contributed by atoms with E-state index < -0.39 is 0 Å². The highest BCUT2D eigenvalue weighted by atomic mass is 19.1. The van der Waals surface area contributed by atoms with Gasteiger partial charge in [0, 0.05) is 5.39 Å². The lowest BCUT2D eigenvalue weighted by Gasteiger charge is -2.19. The van der Waals surface area contributed by atoms with Crippen molar-refractivity contribution in [3.8, 4) is 5.75 Å². The van der Waals surface area contributed by atoms with Crippen molar-refractivity contribution in [2.24, 2.45) is 5.92 Å². The van der Waals surface area contributed by atoms with Gasteiger partial charge in [0.25, 0.3) is 0 Å². The van der Waals surface area contributed by atoms with Gasteiger partial charge in [-0.2, -0.15) is 5.21 Å². The summed E-state index contributed by atoms with van der Waals surface area (Å²) in [5, 5.41) is 15.5. The van der Waals surface area contributed by atoms with Crippen LogP contribution in [0.1, 0.15) is 61.4 Å². The molecular weight excluding hydrogens is 403 g/mol. The second-order valence-electron chi connectivity index (χ2n) is 8.88. The van der Waals surface area contributed by atoms with Crippen molar-refractivity contribution < 1.29 is 9.13 Å². The quantitative estimate of drug-likeness (QED) is 0.382. The highest BCUT2D eigenvalue weighted by Crippen LogP contribution is 2.43. The molecule has 1 fully saturated rings. The van der Waals surface area contributed by atoms with Gasteiger partial charge in [-0.3, -0.25) is 0 Å². The molecule has 1 heterocycles. The summed E-state index contributed by atoms with van der Waals surface area (Å²) in [5.74, 6) is 2.89. The number of H-pyrrole nitrogens is 1. The summed E-state index contributed by atoms with van der Waals surface area (Å²) in [6, 6.07) is 19.8. The molecule has 1 aliphatic carbocycles. The molecular formula is C26H27FN4O. The predicted octanol–water partition coefficient (Wildman–Crippen LogP) is 6.15. The number of nitrogens with zero attached hydrogens (tertiary/aromatic N) is 3. The largest absolute Gasteiger partial charge is 0.485 e. The van der Waals surface area contributed by atoms with Crippen LogP contribution in [0, 0.1) is 11.7 Å². The number of nitrogens with one attached hydrogen (secondary N) is 1. The van der Waals surface area contributed by atoms with Crippen LogP contribution in [-0.4, -0.2) is 20.6 Å². The van der Waals surface area contributed by atoms with Gasteiger partial charge in [-0.1, -0.05) is 54.6 Å². The normalized spacial score (nSPS) is 19.3. The smallest absolute Gasteiger partial charge is 0.211 e. The molecule has 1 aliphatic rings. The Kier molecular flexibility index (Phi) is 5.84. The molecule has 0 radical (unpaired) electrons. The van der Waals surface area contributed by atoms with Crippen LogP contribution in [0.3, 0.4) is 0 Å². The topological polar surface area (TPSA) is 63.7 Å². The summed E-state index contributed by atoms with van der Waals surface area (Å²) in [6.07, 6.45) is 4.79. The van der Waals surface area contributed by atoms with Gasteiger partial charge >= 0.3 is 0 Å². The molecule has 32 heavy (non-hydrogen) atoms. The highest BCUT2D eigenvalue weighted by Gasteiger charge is 2.28. The molecule has 5 nitrogen and oxygen atoms in total. The molecule has 0 aliphatic heterocycles. The molecule has 0 unspecified atom stereocenters. The van der Waals surface area contributed by atoms with Crippen molar-refractivity contribution in [3.63, 3.8) is 0 Å². The number of fused-ring (bicyclic) bond motifs is 1. The van der Waals surface area contributed by atoms with E-state index in [0.717, 1.165) is 22.9 Å². The van der Waals surface area contributed by atoms with E-state index in [9.17, 15) is 4.39 Å². The maximum atomic E-state index is 14.2. The number of aromatic amines is 1. The van der Waals surface area contributed by atoms with E-state index in [1.54, 1.807) is 6.07 Å². The highest BCUT2D eigenvalue weighted by molar-refractivity contribution is 5.86. The zero-order valence-electron chi connectivity index (χ0n) is 18.2. The first kappa shape index (κ1) is 20.6. The van der Waals surface area contributed by atoms with Crippen LogP contribution in [0.15, 0.2) is 60.7 Å². The number of hydrogen-bond donors (Lipinski definition) is 1. The predicted molar refractivity (Wildman–Crippen MR) is 122 cm³/mol. The van der Waals surface area contributed by atoms with Crippen molar-refractivity contribution in [2.75, 3.05) is 0 Å². The minimum Gasteiger partial charge on any atom is -0.485 e. The third-order valence-corrected chi connectivity index (χ3v) is 6.77. The lowest BCUT2D eigenvalue weighted by atomic mass is 9.86. The van der Waals surface area contributed by atoms with Gasteiger partial charge in [0.1, 0.15) is 11.6 Å². The third kappa shape index (κ3) is 4.35. The zero-order valence-corrected chi connectivity index (χ0v) is 18.2. The van der Waals surface area contributed by atoms with Crippen LogP contribution >= 0.6 is 0 Å². The maximum Gasteiger partial charge on any atom is 0.211 e. The molecule has 4 aromatic rings. The molecule has 164 valence electrons. The fraction of sp³-hybridized carbons (Fsp3) is 0.346. The van der Waals surface area contributed by atoms with Crippen molar-refractivity contribution in [3.05, 3.63) is 83.4 Å². The van der Waals surface area contributed by atoms with Crippen LogP contribution < -0.4 is 4.74 Å². The first-order valence-corrected chi connectivity index (χ1v) is 11.3. The van der Waals surface area contributed by atoms with Crippen LogP contribution in [-0.2, 0) is 6.61 Å². The van der Waals surface area contributed by atoms with Gasteiger partial charge in [-0.25, -0.2) is 4.39 Å². The van der Waals surface area contributed by atoms with Crippen molar-refractivity contribution in [1.82, 2.24) is 20.6 Å². The average molecular weight is 431 g/mol. The fourth-order valence-electron chi connectivity index (χ4n) is 5.16. The van der Waals surface area contributed by atoms with Gasteiger partial charge in [0.05, 0.1) is 0 Å². The molecule has 1 saturated carbocycles. The molecule has 0 saturated heterocycles. The number of hydrogen-bond acceptors (Lipinski definition) is 4. The maximum absolute atomic E-state index is 14.2. The standard InChI is InChI=1S/C26H27FN4O/c1-17(22-12-13-25(27)24-5-3-2-4-23(22)24)14-18-6-7-20(15-18)19-8-10-21(11-9-19)32-16-26-28-30-31-29-26/h2-5,8-13,17-18,20H,6-7,14-16H2,1H3,(H,28,29,30,31)/t17-,18+,20+/m0/s1. The Labute approximate surface area is 187 Å². The fourth-order valence-corrected chi connectivity index (χ4v) is 5.16. The Morgan fingerprint density at radius 1 is 1.03 bits per heavy atom. The van der Waals surface area contributed by atoms with Crippen molar-refractivity contribution in [2.45, 2.75) is 51.0 Å². The Morgan fingerprint density at radius 2 is 1.84 bits per heavy atom. The second kappa shape index (κ2) is 9.07. The monoisotopic (exact) mass is 430 g/mol. The number of aromatic nitrogens is 4. The van der Waals surface area contributed by atoms with Crippen LogP contribution in [0.4, 0.5) is 4.39 Å². The van der Waals surface area contributed by atoms with Gasteiger partial charge < -0.3 is 4.74 Å². The lowest BCUT2D eigenvalue weighted by Crippen LogP contribution is -2.04. The van der Waals surface area contributed by atoms with E-state index in [-0.39, 0.29) is 5.82 Å². The van der Waals surface area contributed by atoms with E-state index in [1.807, 2.05) is 42.5 Å². The molecule has 1 aromatic heterocycles. The summed E-state index contributed by atoms with van der Waals surface area (Å²) in [5.41, 5.74) is 2.63. The first-order valence-electron chi connectivity index (χ1n) is 11.3. The van der Waals surface area contributed by atoms with Gasteiger partial charge in [-0.05, 0) is 78.1 Å². The van der Waals surface area contributed by atoms with Crippen molar-refractivity contribution in [1.29, 1.82) is 0 Å². The van der Waals surface area contributed by atoms with Crippen LogP contribution in [0.25, 0.3) is 10.8 Å². The van der Waals surface area contributed by atoms with E-state index in [1.165, 1.54) is 30.4 Å². The minimum atomic E-state index is -0.137. The molecule has 3 atom stereocenters. The molecule has 0 amide bonds. The molecule has 1 N–H and O–H groups in total. The van der Waals surface area contributed by atoms with E-state index >= 15 is 0 Å². The third-order valence-electron chi connectivity index (χ3n) is 6.77. The summed E-state index contributed by atoms with van der Waals surface area (Å²) >= 11 is 0. The Bertz CT molecular complexity index is 1180. The summed E-state index contributed by atoms with van der Waals surface area (Å²) in [7, 11) is 0. The molecule has 3 aromatic carbocycles. The van der Waals surface area contributed by atoms with Crippen LogP contribution in [0.2, 0.25) is 0 Å². The van der Waals surface area contributed by atoms with E-state index in [4.69, 9.17) is 4.74 Å². The number of halogens is 1. The number of benzene rings is 3. The summed E-state index contributed by atoms with van der Waals surface area (Å²) < 4.78 is 19.9. The van der Waals surface area contributed by atoms with E-state index in [2.05, 4.69) is 39.7 Å². The molecule has 0 bridgehead atoms. The summed E-state index contributed by atoms with van der Waals surface area (Å²) in [4.78, 5) is 0. The van der Waals surface area contributed by atoms with Gasteiger partial charge in [-0.15, -0.1) is 10.2 Å².